The van der Waals surface area contributed by atoms with Gasteiger partial charge in [-0.1, -0.05) is 12.1 Å². The predicted molar refractivity (Wildman–Crippen MR) is 66.8 cm³/mol. The first-order chi connectivity index (χ1) is 9.19. The van der Waals surface area contributed by atoms with Crippen LogP contribution in [0.3, 0.4) is 0 Å². The van der Waals surface area contributed by atoms with E-state index >= 15 is 0 Å². The zero-order valence-corrected chi connectivity index (χ0v) is 10.4. The van der Waals surface area contributed by atoms with Crippen molar-refractivity contribution >= 4 is 5.91 Å². The van der Waals surface area contributed by atoms with Crippen LogP contribution in [0, 0.1) is 5.82 Å². The maximum Gasteiger partial charge on any atom is 0.273 e. The van der Waals surface area contributed by atoms with Gasteiger partial charge in [0.15, 0.2) is 5.69 Å². The van der Waals surface area contributed by atoms with Gasteiger partial charge in [0.25, 0.3) is 5.91 Å². The lowest BCUT2D eigenvalue weighted by molar-refractivity contribution is 0.0946. The first-order valence-corrected chi connectivity index (χ1v) is 5.80. The minimum atomic E-state index is -0.352. The number of rotatable bonds is 5. The van der Waals surface area contributed by atoms with Crippen LogP contribution in [0.1, 0.15) is 21.9 Å². The summed E-state index contributed by atoms with van der Waals surface area (Å²) in [6.45, 7) is 0.696. The van der Waals surface area contributed by atoms with Crippen molar-refractivity contribution in [1.82, 2.24) is 15.6 Å². The second-order valence-electron chi connectivity index (χ2n) is 3.97. The van der Waals surface area contributed by atoms with E-state index in [1.165, 1.54) is 18.4 Å². The molecule has 1 aromatic carbocycles. The highest BCUT2D eigenvalue weighted by molar-refractivity contribution is 5.91. The second-order valence-corrected chi connectivity index (χ2v) is 3.97. The number of nitrogens with one attached hydrogen (secondary N) is 2. The second kappa shape index (κ2) is 6.10. The summed E-state index contributed by atoms with van der Waals surface area (Å²) in [6, 6.07) is 6.05. The summed E-state index contributed by atoms with van der Waals surface area (Å²) in [4.78, 5) is 15.8. The molecule has 0 saturated heterocycles. The number of carbonyl (C=O) groups is 1. The molecule has 0 bridgehead atoms. The number of hydrogen-bond donors (Lipinski definition) is 2. The van der Waals surface area contributed by atoms with E-state index in [2.05, 4.69) is 15.6 Å². The van der Waals surface area contributed by atoms with Crippen molar-refractivity contribution in [2.75, 3.05) is 7.05 Å². The molecule has 0 aliphatic carbocycles. The largest absolute Gasteiger partial charge is 0.447 e. The van der Waals surface area contributed by atoms with Crippen LogP contribution in [-0.4, -0.2) is 17.9 Å². The van der Waals surface area contributed by atoms with E-state index < -0.39 is 0 Å². The topological polar surface area (TPSA) is 67.2 Å². The molecule has 5 nitrogen and oxygen atoms in total. The quantitative estimate of drug-likeness (QED) is 0.857. The Hall–Kier alpha value is -2.21. The summed E-state index contributed by atoms with van der Waals surface area (Å²) in [5.74, 6) is -0.238. The molecule has 19 heavy (non-hydrogen) atoms. The Labute approximate surface area is 109 Å². The van der Waals surface area contributed by atoms with Crippen molar-refractivity contribution in [2.24, 2.45) is 0 Å². The Kier molecular flexibility index (Phi) is 4.25. The van der Waals surface area contributed by atoms with Gasteiger partial charge in [0.2, 0.25) is 5.89 Å². The molecule has 1 aromatic heterocycles. The van der Waals surface area contributed by atoms with Crippen LogP contribution in [0.2, 0.25) is 0 Å². The summed E-state index contributed by atoms with van der Waals surface area (Å²) in [5.41, 5.74) is 0.897. The van der Waals surface area contributed by atoms with Crippen LogP contribution >= 0.6 is 0 Å². The van der Waals surface area contributed by atoms with Crippen molar-refractivity contribution in [1.29, 1.82) is 0 Å². The summed E-state index contributed by atoms with van der Waals surface area (Å²) in [6.07, 6.45) is 1.30. The minimum Gasteiger partial charge on any atom is -0.447 e. The Morgan fingerprint density at radius 3 is 3.00 bits per heavy atom. The summed E-state index contributed by atoms with van der Waals surface area (Å²) >= 11 is 0. The molecule has 0 unspecified atom stereocenters. The molecule has 1 amide bonds. The summed E-state index contributed by atoms with van der Waals surface area (Å²) in [7, 11) is 1.76. The lowest BCUT2D eigenvalue weighted by Gasteiger charge is -2.03. The third kappa shape index (κ3) is 3.62. The van der Waals surface area contributed by atoms with Crippen LogP contribution in [0.25, 0.3) is 0 Å². The lowest BCUT2D eigenvalue weighted by atomic mass is 10.2. The van der Waals surface area contributed by atoms with Gasteiger partial charge in [0.1, 0.15) is 12.1 Å². The smallest absolute Gasteiger partial charge is 0.273 e. The summed E-state index contributed by atoms with van der Waals surface area (Å²) < 4.78 is 18.1. The standard InChI is InChI=1S/C13H14FN3O2/c1-15-7-12-17-11(8-19-12)13(18)16-6-9-3-2-4-10(14)5-9/h2-5,8,15H,6-7H2,1H3,(H,16,18). The Balaban J connectivity index is 1.93. The molecule has 0 atom stereocenters. The molecule has 0 aliphatic rings. The monoisotopic (exact) mass is 263 g/mol. The first-order valence-electron chi connectivity index (χ1n) is 5.80. The maximum absolute atomic E-state index is 13.0. The number of halogens is 1. The zero-order chi connectivity index (χ0) is 13.7. The number of carbonyl (C=O) groups excluding carboxylic acids is 1. The highest BCUT2D eigenvalue weighted by atomic mass is 19.1. The van der Waals surface area contributed by atoms with Crippen molar-refractivity contribution < 1.29 is 13.6 Å². The molecule has 100 valence electrons. The SMILES string of the molecule is CNCc1nc(C(=O)NCc2cccc(F)c2)co1. The molecule has 2 aromatic rings. The van der Waals surface area contributed by atoms with E-state index in [0.29, 0.717) is 18.0 Å². The van der Waals surface area contributed by atoms with E-state index in [0.717, 1.165) is 0 Å². The molecule has 0 spiro atoms. The van der Waals surface area contributed by atoms with Crippen molar-refractivity contribution in [3.63, 3.8) is 0 Å². The number of aromatic nitrogens is 1. The Bertz CT molecular complexity index is 569. The molecule has 6 heteroatoms. The van der Waals surface area contributed by atoms with Crippen LogP contribution < -0.4 is 10.6 Å². The molecule has 0 saturated carbocycles. The maximum atomic E-state index is 13.0. The van der Waals surface area contributed by atoms with Crippen LogP contribution in [0.5, 0.6) is 0 Å². The van der Waals surface area contributed by atoms with Crippen LogP contribution in [0.15, 0.2) is 34.9 Å². The van der Waals surface area contributed by atoms with Crippen molar-refractivity contribution in [2.45, 2.75) is 13.1 Å². The van der Waals surface area contributed by atoms with Gasteiger partial charge in [-0.3, -0.25) is 4.79 Å². The third-order valence-corrected chi connectivity index (χ3v) is 2.45. The van der Waals surface area contributed by atoms with Crippen molar-refractivity contribution in [3.05, 3.63) is 53.5 Å². The van der Waals surface area contributed by atoms with Crippen molar-refractivity contribution in [3.8, 4) is 0 Å². The molecule has 2 N–H and O–H groups in total. The summed E-state index contributed by atoms with van der Waals surface area (Å²) in [5, 5.41) is 5.52. The zero-order valence-electron chi connectivity index (χ0n) is 10.4. The van der Waals surface area contributed by atoms with Gasteiger partial charge in [-0.15, -0.1) is 0 Å². The number of hydrogen-bond acceptors (Lipinski definition) is 4. The van der Waals surface area contributed by atoms with Gasteiger partial charge < -0.3 is 15.1 Å². The van der Waals surface area contributed by atoms with Gasteiger partial charge in [-0.2, -0.15) is 0 Å². The normalized spacial score (nSPS) is 10.4. The fraction of sp³-hybridized carbons (Fsp3) is 0.231. The first kappa shape index (κ1) is 13.2. The molecule has 0 radical (unpaired) electrons. The van der Waals surface area contributed by atoms with E-state index in [1.807, 2.05) is 0 Å². The number of benzene rings is 1. The van der Waals surface area contributed by atoms with E-state index in [1.54, 1.807) is 19.2 Å². The third-order valence-electron chi connectivity index (χ3n) is 2.45. The van der Waals surface area contributed by atoms with E-state index in [-0.39, 0.29) is 24.0 Å². The fourth-order valence-electron chi connectivity index (χ4n) is 1.57. The minimum absolute atomic E-state index is 0.210. The van der Waals surface area contributed by atoms with Gasteiger partial charge >= 0.3 is 0 Å². The predicted octanol–water partition coefficient (Wildman–Crippen LogP) is 1.46. The lowest BCUT2D eigenvalue weighted by Crippen LogP contribution is -2.23. The highest BCUT2D eigenvalue weighted by Gasteiger charge is 2.11. The molecule has 0 fully saturated rings. The molecular formula is C13H14FN3O2. The Morgan fingerprint density at radius 1 is 1.42 bits per heavy atom. The fourth-order valence-corrected chi connectivity index (χ4v) is 1.57. The molecular weight excluding hydrogens is 249 g/mol. The van der Waals surface area contributed by atoms with Gasteiger partial charge in [-0.05, 0) is 24.7 Å². The van der Waals surface area contributed by atoms with Crippen LogP contribution in [-0.2, 0) is 13.1 Å². The average Bonchev–Trinajstić information content (AvgIpc) is 2.85. The molecule has 0 aliphatic heterocycles. The number of nitrogens with zero attached hydrogens (tertiary/aromatic N) is 1. The van der Waals surface area contributed by atoms with Crippen LogP contribution in [0.4, 0.5) is 4.39 Å². The molecule has 2 rings (SSSR count). The number of amides is 1. The van der Waals surface area contributed by atoms with Gasteiger partial charge in [0.05, 0.1) is 6.54 Å². The number of oxazole rings is 1. The highest BCUT2D eigenvalue weighted by Crippen LogP contribution is 2.05. The van der Waals surface area contributed by atoms with Gasteiger partial charge in [0, 0.05) is 6.54 Å². The van der Waals surface area contributed by atoms with E-state index in [4.69, 9.17) is 4.42 Å². The molecule has 1 heterocycles. The Morgan fingerprint density at radius 2 is 2.26 bits per heavy atom. The van der Waals surface area contributed by atoms with Gasteiger partial charge in [-0.25, -0.2) is 9.37 Å². The van der Waals surface area contributed by atoms with E-state index in [9.17, 15) is 9.18 Å². The average molecular weight is 263 g/mol.